The van der Waals surface area contributed by atoms with Crippen molar-refractivity contribution in [1.29, 1.82) is 0 Å². The van der Waals surface area contributed by atoms with Crippen molar-refractivity contribution in [2.24, 2.45) is 0 Å². The van der Waals surface area contributed by atoms with E-state index in [0.717, 1.165) is 19.6 Å². The Hall–Kier alpha value is -1.27. The van der Waals surface area contributed by atoms with E-state index in [0.29, 0.717) is 18.1 Å². The lowest BCUT2D eigenvalue weighted by Gasteiger charge is -2.33. The molecule has 1 atom stereocenters. The van der Waals surface area contributed by atoms with Crippen molar-refractivity contribution in [3.05, 3.63) is 18.2 Å². The fraction of sp³-hybridized carbons (Fsp3) is 0.600. The molecule has 21 heavy (non-hydrogen) atoms. The Kier molecular flexibility index (Phi) is 4.08. The standard InChI is InChI=1S/C15H21NO4S/c1-21(17,18)13-5-6-14-15(9-13)20-12(11-19-14)10-16-7-3-2-4-8-16/h5-6,9,12H,2-4,7-8,10-11H2,1H3/t12-/m1/s1. The molecule has 1 fully saturated rings. The number of hydrogen-bond acceptors (Lipinski definition) is 5. The number of likely N-dealkylation sites (tertiary alicyclic amines) is 1. The van der Waals surface area contributed by atoms with Gasteiger partial charge in [0.2, 0.25) is 0 Å². The van der Waals surface area contributed by atoms with Gasteiger partial charge in [-0.15, -0.1) is 0 Å². The molecule has 0 amide bonds. The van der Waals surface area contributed by atoms with Gasteiger partial charge in [-0.2, -0.15) is 0 Å². The van der Waals surface area contributed by atoms with Gasteiger partial charge in [0.15, 0.2) is 21.3 Å². The SMILES string of the molecule is CS(=O)(=O)c1ccc2c(c1)O[C@H](CN1CCCCC1)CO2. The molecule has 6 heteroatoms. The second-order valence-electron chi connectivity index (χ2n) is 5.79. The van der Waals surface area contributed by atoms with E-state index in [1.165, 1.54) is 25.5 Å². The maximum Gasteiger partial charge on any atom is 0.175 e. The van der Waals surface area contributed by atoms with Crippen LogP contribution in [0.4, 0.5) is 0 Å². The number of ether oxygens (including phenoxy) is 2. The van der Waals surface area contributed by atoms with Crippen molar-refractivity contribution in [2.45, 2.75) is 30.3 Å². The van der Waals surface area contributed by atoms with Gasteiger partial charge in [-0.1, -0.05) is 6.42 Å². The van der Waals surface area contributed by atoms with Crippen molar-refractivity contribution in [3.63, 3.8) is 0 Å². The summed E-state index contributed by atoms with van der Waals surface area (Å²) in [7, 11) is -3.23. The Morgan fingerprint density at radius 2 is 1.95 bits per heavy atom. The van der Waals surface area contributed by atoms with Crippen molar-refractivity contribution in [1.82, 2.24) is 4.90 Å². The highest BCUT2D eigenvalue weighted by Gasteiger charge is 2.25. The van der Waals surface area contributed by atoms with Crippen LogP contribution in [-0.2, 0) is 9.84 Å². The fourth-order valence-corrected chi connectivity index (χ4v) is 3.48. The fourth-order valence-electron chi connectivity index (χ4n) is 2.85. The molecule has 2 aliphatic rings. The second-order valence-corrected chi connectivity index (χ2v) is 7.81. The van der Waals surface area contributed by atoms with E-state index in [4.69, 9.17) is 9.47 Å². The third-order valence-corrected chi connectivity index (χ3v) is 5.08. The summed E-state index contributed by atoms with van der Waals surface area (Å²) in [6.45, 7) is 3.57. The van der Waals surface area contributed by atoms with Gasteiger partial charge in [-0.05, 0) is 38.1 Å². The predicted octanol–water partition coefficient (Wildman–Crippen LogP) is 1.72. The maximum absolute atomic E-state index is 11.6. The van der Waals surface area contributed by atoms with E-state index >= 15 is 0 Å². The minimum Gasteiger partial charge on any atom is -0.486 e. The number of piperidine rings is 1. The molecular weight excluding hydrogens is 290 g/mol. The number of fused-ring (bicyclic) bond motifs is 1. The first-order valence-corrected chi connectivity index (χ1v) is 9.27. The van der Waals surface area contributed by atoms with Crippen LogP contribution in [0.3, 0.4) is 0 Å². The summed E-state index contributed by atoms with van der Waals surface area (Å²) in [5.74, 6) is 1.16. The molecular formula is C15H21NO4S. The molecule has 5 nitrogen and oxygen atoms in total. The summed E-state index contributed by atoms with van der Waals surface area (Å²) >= 11 is 0. The average Bonchev–Trinajstić information content (AvgIpc) is 2.46. The molecule has 1 saturated heterocycles. The summed E-state index contributed by atoms with van der Waals surface area (Å²) < 4.78 is 34.9. The zero-order valence-corrected chi connectivity index (χ0v) is 13.1. The molecule has 0 aromatic heterocycles. The van der Waals surface area contributed by atoms with Crippen molar-refractivity contribution >= 4 is 9.84 Å². The highest BCUT2D eigenvalue weighted by molar-refractivity contribution is 7.90. The molecule has 0 N–H and O–H groups in total. The van der Waals surface area contributed by atoms with Gasteiger partial charge >= 0.3 is 0 Å². The van der Waals surface area contributed by atoms with E-state index in [1.807, 2.05) is 0 Å². The van der Waals surface area contributed by atoms with Crippen LogP contribution >= 0.6 is 0 Å². The van der Waals surface area contributed by atoms with E-state index in [2.05, 4.69) is 4.90 Å². The smallest absolute Gasteiger partial charge is 0.175 e. The molecule has 0 bridgehead atoms. The minimum atomic E-state index is -3.23. The third kappa shape index (κ3) is 3.49. The topological polar surface area (TPSA) is 55.8 Å². The number of nitrogens with zero attached hydrogens (tertiary/aromatic N) is 1. The van der Waals surface area contributed by atoms with Crippen molar-refractivity contribution in [3.8, 4) is 11.5 Å². The molecule has 1 aromatic carbocycles. The summed E-state index contributed by atoms with van der Waals surface area (Å²) in [5.41, 5.74) is 0. The number of hydrogen-bond donors (Lipinski definition) is 0. The molecule has 3 rings (SSSR count). The molecule has 0 unspecified atom stereocenters. The third-order valence-electron chi connectivity index (χ3n) is 3.97. The van der Waals surface area contributed by atoms with Crippen LogP contribution in [0.25, 0.3) is 0 Å². The lowest BCUT2D eigenvalue weighted by Crippen LogP contribution is -2.42. The van der Waals surface area contributed by atoms with Crippen molar-refractivity contribution in [2.75, 3.05) is 32.5 Å². The van der Waals surface area contributed by atoms with Gasteiger partial charge in [0.1, 0.15) is 12.7 Å². The monoisotopic (exact) mass is 311 g/mol. The summed E-state index contributed by atoms with van der Waals surface area (Å²) in [4.78, 5) is 2.66. The quantitative estimate of drug-likeness (QED) is 0.851. The van der Waals surface area contributed by atoms with Gasteiger partial charge in [-0.25, -0.2) is 8.42 Å². The highest BCUT2D eigenvalue weighted by Crippen LogP contribution is 2.34. The molecule has 0 saturated carbocycles. The van der Waals surface area contributed by atoms with Gasteiger partial charge in [0.05, 0.1) is 4.90 Å². The molecule has 116 valence electrons. The van der Waals surface area contributed by atoms with Crippen LogP contribution in [0.15, 0.2) is 23.1 Å². The van der Waals surface area contributed by atoms with Crippen LogP contribution in [0.2, 0.25) is 0 Å². The van der Waals surface area contributed by atoms with Crippen LogP contribution in [0.1, 0.15) is 19.3 Å². The van der Waals surface area contributed by atoms with E-state index in [-0.39, 0.29) is 11.0 Å². The zero-order valence-electron chi connectivity index (χ0n) is 12.2. The summed E-state index contributed by atoms with van der Waals surface area (Å²) in [6, 6.07) is 4.79. The Bertz CT molecular complexity index is 608. The van der Waals surface area contributed by atoms with Crippen LogP contribution in [-0.4, -0.2) is 51.9 Å². The first-order valence-electron chi connectivity index (χ1n) is 7.38. The van der Waals surface area contributed by atoms with Crippen molar-refractivity contribution < 1.29 is 17.9 Å². The molecule has 0 spiro atoms. The van der Waals surface area contributed by atoms with E-state index in [1.54, 1.807) is 18.2 Å². The normalized spacial score (nSPS) is 23.0. The number of sulfone groups is 1. The predicted molar refractivity (Wildman–Crippen MR) is 79.8 cm³/mol. The highest BCUT2D eigenvalue weighted by atomic mass is 32.2. The first kappa shape index (κ1) is 14.7. The Morgan fingerprint density at radius 3 is 2.67 bits per heavy atom. The lowest BCUT2D eigenvalue weighted by molar-refractivity contribution is 0.0530. The summed E-state index contributed by atoms with van der Waals surface area (Å²) in [5, 5.41) is 0. The van der Waals surface area contributed by atoms with Crippen LogP contribution in [0, 0.1) is 0 Å². The van der Waals surface area contributed by atoms with E-state index in [9.17, 15) is 8.42 Å². The lowest BCUT2D eigenvalue weighted by atomic mass is 10.1. The molecule has 0 aliphatic carbocycles. The largest absolute Gasteiger partial charge is 0.486 e. The van der Waals surface area contributed by atoms with Gasteiger partial charge in [0.25, 0.3) is 0 Å². The van der Waals surface area contributed by atoms with E-state index < -0.39 is 9.84 Å². The average molecular weight is 311 g/mol. The number of benzene rings is 1. The zero-order chi connectivity index (χ0) is 14.9. The first-order chi connectivity index (χ1) is 10.0. The van der Waals surface area contributed by atoms with Gasteiger partial charge < -0.3 is 9.47 Å². The van der Waals surface area contributed by atoms with Gasteiger partial charge in [-0.3, -0.25) is 4.90 Å². The Labute approximate surface area is 125 Å². The van der Waals surface area contributed by atoms with Crippen LogP contribution in [0.5, 0.6) is 11.5 Å². The molecule has 1 aromatic rings. The van der Waals surface area contributed by atoms with Crippen LogP contribution < -0.4 is 9.47 Å². The number of rotatable bonds is 3. The van der Waals surface area contributed by atoms with Gasteiger partial charge in [0, 0.05) is 18.9 Å². The maximum atomic E-state index is 11.6. The summed E-state index contributed by atoms with van der Waals surface area (Å²) in [6.07, 6.45) is 4.94. The molecule has 2 heterocycles. The molecule has 0 radical (unpaired) electrons. The second kappa shape index (κ2) is 5.85. The molecule has 2 aliphatic heterocycles. The Balaban J connectivity index is 1.71. The minimum absolute atomic E-state index is 0.0367. The Morgan fingerprint density at radius 1 is 1.19 bits per heavy atom.